The minimum absolute atomic E-state index is 0.0670. The Bertz CT molecular complexity index is 373. The van der Waals surface area contributed by atoms with Crippen molar-refractivity contribution in [3.8, 4) is 0 Å². The summed E-state index contributed by atoms with van der Waals surface area (Å²) in [7, 11) is 1.68. The molecule has 1 atom stereocenters. The third-order valence-corrected chi connectivity index (χ3v) is 2.60. The van der Waals surface area contributed by atoms with E-state index >= 15 is 0 Å². The zero-order valence-electron chi connectivity index (χ0n) is 9.59. The Hall–Kier alpha value is -1.30. The molecule has 1 aliphatic rings. The number of hydrogen-bond donors (Lipinski definition) is 0. The van der Waals surface area contributed by atoms with Gasteiger partial charge in [-0.3, -0.25) is 4.79 Å². The van der Waals surface area contributed by atoms with Crippen LogP contribution in [0.15, 0.2) is 0 Å². The van der Waals surface area contributed by atoms with Crippen molar-refractivity contribution >= 4 is 5.78 Å². The van der Waals surface area contributed by atoms with Crippen LogP contribution in [0.4, 0.5) is 0 Å². The van der Waals surface area contributed by atoms with E-state index in [1.165, 1.54) is 4.80 Å². The summed E-state index contributed by atoms with van der Waals surface area (Å²) in [5.41, 5.74) is 0. The number of ether oxygens (including phenoxy) is 1. The fourth-order valence-electron chi connectivity index (χ4n) is 1.72. The average Bonchev–Trinajstić information content (AvgIpc) is 3.00. The van der Waals surface area contributed by atoms with Crippen LogP contribution in [0, 0.1) is 5.92 Å². The van der Waals surface area contributed by atoms with Crippen molar-refractivity contribution in [2.45, 2.75) is 32.3 Å². The second-order valence-corrected chi connectivity index (χ2v) is 4.05. The Morgan fingerprint density at radius 2 is 2.38 bits per heavy atom. The van der Waals surface area contributed by atoms with Gasteiger partial charge >= 0.3 is 0 Å². The van der Waals surface area contributed by atoms with Crippen molar-refractivity contribution in [3.05, 3.63) is 5.82 Å². The molecule has 1 aliphatic carbocycles. The van der Waals surface area contributed by atoms with Crippen LogP contribution in [0.5, 0.6) is 0 Å². The number of aromatic nitrogens is 4. The molecule has 16 heavy (non-hydrogen) atoms. The summed E-state index contributed by atoms with van der Waals surface area (Å²) in [6, 6.07) is 0. The van der Waals surface area contributed by atoms with Gasteiger partial charge in [-0.15, -0.1) is 10.2 Å². The van der Waals surface area contributed by atoms with Gasteiger partial charge in [0.15, 0.2) is 11.6 Å². The molecule has 88 valence electrons. The highest BCUT2D eigenvalue weighted by Gasteiger charge is 2.36. The Morgan fingerprint density at radius 3 is 2.88 bits per heavy atom. The Labute approximate surface area is 94.0 Å². The summed E-state index contributed by atoms with van der Waals surface area (Å²) in [4.78, 5) is 13.3. The fraction of sp³-hybridized carbons (Fsp3) is 0.800. The van der Waals surface area contributed by atoms with Crippen LogP contribution in [-0.4, -0.2) is 38.7 Å². The molecule has 1 unspecified atom stereocenters. The van der Waals surface area contributed by atoms with Gasteiger partial charge in [-0.2, -0.15) is 4.80 Å². The quantitative estimate of drug-likeness (QED) is 0.687. The molecule has 1 aromatic heterocycles. The lowest BCUT2D eigenvalue weighted by Gasteiger charge is -2.13. The molecule has 0 saturated heterocycles. The molecule has 1 heterocycles. The van der Waals surface area contributed by atoms with Gasteiger partial charge in [0.1, 0.15) is 6.10 Å². The zero-order valence-corrected chi connectivity index (χ0v) is 9.59. The third-order valence-electron chi connectivity index (χ3n) is 2.60. The predicted octanol–water partition coefficient (Wildman–Crippen LogP) is 0.137. The first kappa shape index (κ1) is 11.2. The molecule has 6 nitrogen and oxygen atoms in total. The second kappa shape index (κ2) is 4.69. The van der Waals surface area contributed by atoms with Gasteiger partial charge in [-0.1, -0.05) is 0 Å². The molecule has 1 aromatic rings. The van der Waals surface area contributed by atoms with E-state index in [0.29, 0.717) is 18.3 Å². The van der Waals surface area contributed by atoms with Crippen molar-refractivity contribution < 1.29 is 9.53 Å². The molecular weight excluding hydrogens is 208 g/mol. The van der Waals surface area contributed by atoms with E-state index in [4.69, 9.17) is 4.74 Å². The average molecular weight is 224 g/mol. The van der Waals surface area contributed by atoms with Crippen LogP contribution in [-0.2, 0) is 23.0 Å². The molecule has 0 spiro atoms. The minimum atomic E-state index is -0.270. The Morgan fingerprint density at radius 1 is 1.62 bits per heavy atom. The maximum absolute atomic E-state index is 12.0. The lowest BCUT2D eigenvalue weighted by Crippen LogP contribution is -2.28. The van der Waals surface area contributed by atoms with Gasteiger partial charge in [0, 0.05) is 6.61 Å². The second-order valence-electron chi connectivity index (χ2n) is 4.05. The number of carbonyl (C=O) groups is 1. The van der Waals surface area contributed by atoms with Crippen LogP contribution in [0.2, 0.25) is 0 Å². The van der Waals surface area contributed by atoms with Gasteiger partial charge in [0.25, 0.3) is 0 Å². The molecule has 6 heteroatoms. The van der Waals surface area contributed by atoms with Crippen LogP contribution < -0.4 is 0 Å². The molecular formula is C10H16N4O2. The standard InChI is InChI=1S/C10H16N4O2/c1-3-16-10(7-4-5-7)8(15)6-9-11-13-14(2)12-9/h7,10H,3-6H2,1-2H3. The SMILES string of the molecule is CCOC(C(=O)Cc1nnn(C)n1)C1CC1. The normalized spacial score (nSPS) is 17.4. The van der Waals surface area contributed by atoms with Gasteiger partial charge in [-0.05, 0) is 30.9 Å². The van der Waals surface area contributed by atoms with Gasteiger partial charge in [-0.25, -0.2) is 0 Å². The number of Topliss-reactive ketones (excluding diaryl/α,β-unsaturated/α-hetero) is 1. The van der Waals surface area contributed by atoms with E-state index < -0.39 is 0 Å². The number of rotatable bonds is 6. The summed E-state index contributed by atoms with van der Waals surface area (Å²) in [6.07, 6.45) is 2.12. The van der Waals surface area contributed by atoms with Crippen LogP contribution in [0.3, 0.4) is 0 Å². The summed E-state index contributed by atoms with van der Waals surface area (Å²) in [5, 5.41) is 11.5. The molecule has 0 aliphatic heterocycles. The minimum Gasteiger partial charge on any atom is -0.370 e. The maximum atomic E-state index is 12.0. The fourth-order valence-corrected chi connectivity index (χ4v) is 1.72. The first-order valence-electron chi connectivity index (χ1n) is 5.58. The van der Waals surface area contributed by atoms with Crippen LogP contribution >= 0.6 is 0 Å². The van der Waals surface area contributed by atoms with Crippen LogP contribution in [0.1, 0.15) is 25.6 Å². The first-order valence-corrected chi connectivity index (χ1v) is 5.58. The number of hydrogen-bond acceptors (Lipinski definition) is 5. The molecule has 1 fully saturated rings. The Balaban J connectivity index is 1.94. The Kier molecular flexibility index (Phi) is 3.28. The smallest absolute Gasteiger partial charge is 0.182 e. The zero-order chi connectivity index (χ0) is 11.5. The molecule has 0 N–H and O–H groups in total. The van der Waals surface area contributed by atoms with E-state index in [0.717, 1.165) is 12.8 Å². The van der Waals surface area contributed by atoms with Gasteiger partial charge in [0.2, 0.25) is 0 Å². The van der Waals surface area contributed by atoms with Crippen molar-refractivity contribution in [2.75, 3.05) is 6.61 Å². The van der Waals surface area contributed by atoms with Gasteiger partial charge < -0.3 is 4.74 Å². The van der Waals surface area contributed by atoms with Crippen LogP contribution in [0.25, 0.3) is 0 Å². The van der Waals surface area contributed by atoms with E-state index in [9.17, 15) is 4.79 Å². The first-order chi connectivity index (χ1) is 7.70. The summed E-state index contributed by atoms with van der Waals surface area (Å²) >= 11 is 0. The van der Waals surface area contributed by atoms with E-state index in [2.05, 4.69) is 15.4 Å². The van der Waals surface area contributed by atoms with Crippen molar-refractivity contribution in [3.63, 3.8) is 0 Å². The maximum Gasteiger partial charge on any atom is 0.182 e. The number of ketones is 1. The molecule has 0 amide bonds. The molecule has 0 radical (unpaired) electrons. The topological polar surface area (TPSA) is 69.9 Å². The van der Waals surface area contributed by atoms with Crippen molar-refractivity contribution in [2.24, 2.45) is 13.0 Å². The van der Waals surface area contributed by atoms with E-state index in [1.807, 2.05) is 6.92 Å². The monoisotopic (exact) mass is 224 g/mol. The number of carbonyl (C=O) groups excluding carboxylic acids is 1. The van der Waals surface area contributed by atoms with Gasteiger partial charge in [0.05, 0.1) is 13.5 Å². The highest BCUT2D eigenvalue weighted by molar-refractivity contribution is 5.85. The number of nitrogens with zero attached hydrogens (tertiary/aromatic N) is 4. The lowest BCUT2D eigenvalue weighted by molar-refractivity contribution is -0.131. The number of aryl methyl sites for hydroxylation is 1. The molecule has 0 bridgehead atoms. The predicted molar refractivity (Wildman–Crippen MR) is 55.6 cm³/mol. The molecule has 2 rings (SSSR count). The summed E-state index contributed by atoms with van der Waals surface area (Å²) in [6.45, 7) is 2.48. The molecule has 0 aromatic carbocycles. The summed E-state index contributed by atoms with van der Waals surface area (Å²) < 4.78 is 5.47. The highest BCUT2D eigenvalue weighted by Crippen LogP contribution is 2.35. The van der Waals surface area contributed by atoms with Crippen molar-refractivity contribution in [1.82, 2.24) is 20.2 Å². The van der Waals surface area contributed by atoms with E-state index in [1.54, 1.807) is 7.05 Å². The number of tetrazole rings is 1. The van der Waals surface area contributed by atoms with E-state index in [-0.39, 0.29) is 18.3 Å². The van der Waals surface area contributed by atoms with Crippen molar-refractivity contribution in [1.29, 1.82) is 0 Å². The summed E-state index contributed by atoms with van der Waals surface area (Å²) in [5.74, 6) is 0.944. The lowest BCUT2D eigenvalue weighted by atomic mass is 10.1. The molecule has 1 saturated carbocycles. The third kappa shape index (κ3) is 2.63. The largest absolute Gasteiger partial charge is 0.370 e. The highest BCUT2D eigenvalue weighted by atomic mass is 16.5.